The van der Waals surface area contributed by atoms with Crippen molar-refractivity contribution in [3.63, 3.8) is 0 Å². The van der Waals surface area contributed by atoms with Crippen LogP contribution in [0.15, 0.2) is 0 Å². The van der Waals surface area contributed by atoms with Gasteiger partial charge < -0.3 is 14.4 Å². The average Bonchev–Trinajstić information content (AvgIpc) is 2.47. The molecule has 0 N–H and O–H groups in total. The molecule has 0 radical (unpaired) electrons. The number of hydrogen-bond acceptors (Lipinski definition) is 4. The van der Waals surface area contributed by atoms with Gasteiger partial charge >= 0.3 is 0 Å². The molecule has 0 saturated carbocycles. The summed E-state index contributed by atoms with van der Waals surface area (Å²) >= 11 is 0. The van der Waals surface area contributed by atoms with Gasteiger partial charge in [-0.05, 0) is 26.3 Å². The number of likely N-dealkylation sites (N-methyl/N-ethyl adjacent to an activating group) is 1. The van der Waals surface area contributed by atoms with Crippen LogP contribution >= 0.6 is 0 Å². The molecule has 0 aromatic rings. The third-order valence-electron chi connectivity index (χ3n) is 4.00. The van der Waals surface area contributed by atoms with Gasteiger partial charge in [-0.2, -0.15) is 0 Å². The summed E-state index contributed by atoms with van der Waals surface area (Å²) in [5.41, 5.74) is 0. The molecule has 1 fully saturated rings. The molecular weight excluding hydrogens is 252 g/mol. The maximum Gasteiger partial charge on any atom is 0.0593 e. The van der Waals surface area contributed by atoms with Crippen LogP contribution in [0.25, 0.3) is 0 Å². The van der Waals surface area contributed by atoms with Gasteiger partial charge in [-0.1, -0.05) is 20.3 Å². The second-order valence-electron chi connectivity index (χ2n) is 5.80. The lowest BCUT2D eigenvalue weighted by Crippen LogP contribution is -2.45. The smallest absolute Gasteiger partial charge is 0.0593 e. The molecular formula is C16H34N2O2. The summed E-state index contributed by atoms with van der Waals surface area (Å²) in [6.45, 7) is 12.7. The Kier molecular flexibility index (Phi) is 10.3. The van der Waals surface area contributed by atoms with E-state index in [1.807, 2.05) is 0 Å². The van der Waals surface area contributed by atoms with Crippen molar-refractivity contribution in [1.82, 2.24) is 9.80 Å². The Balaban J connectivity index is 1.87. The maximum atomic E-state index is 5.84. The quantitative estimate of drug-likeness (QED) is 0.544. The SMILES string of the molecule is CCCC(CC)OCCCOCCN1CCN(C)CC1. The van der Waals surface area contributed by atoms with Gasteiger partial charge in [0.15, 0.2) is 0 Å². The summed E-state index contributed by atoms with van der Waals surface area (Å²) in [6.07, 6.45) is 4.98. The van der Waals surface area contributed by atoms with Crippen molar-refractivity contribution in [3.05, 3.63) is 0 Å². The summed E-state index contributed by atoms with van der Waals surface area (Å²) in [5.74, 6) is 0. The van der Waals surface area contributed by atoms with Crippen molar-refractivity contribution in [2.45, 2.75) is 45.6 Å². The summed E-state index contributed by atoms with van der Waals surface area (Å²) in [6, 6.07) is 0. The zero-order valence-corrected chi connectivity index (χ0v) is 13.8. The van der Waals surface area contributed by atoms with E-state index in [4.69, 9.17) is 9.47 Å². The van der Waals surface area contributed by atoms with E-state index in [9.17, 15) is 0 Å². The lowest BCUT2D eigenvalue weighted by molar-refractivity contribution is 0.0222. The first-order chi connectivity index (χ1) is 9.76. The Morgan fingerprint density at radius 1 is 1.00 bits per heavy atom. The first kappa shape index (κ1) is 17.9. The molecule has 0 bridgehead atoms. The zero-order chi connectivity index (χ0) is 14.6. The molecule has 1 heterocycles. The fourth-order valence-corrected chi connectivity index (χ4v) is 2.51. The minimum Gasteiger partial charge on any atom is -0.380 e. The molecule has 0 spiro atoms. The Morgan fingerprint density at radius 3 is 2.40 bits per heavy atom. The standard InChI is InChI=1S/C16H34N2O2/c1-4-7-16(5-2)20-14-6-13-19-15-12-18-10-8-17(3)9-11-18/h16H,4-15H2,1-3H3. The third-order valence-corrected chi connectivity index (χ3v) is 4.00. The average molecular weight is 286 g/mol. The maximum absolute atomic E-state index is 5.84. The molecule has 1 saturated heterocycles. The fraction of sp³-hybridized carbons (Fsp3) is 1.00. The second kappa shape index (κ2) is 11.5. The minimum atomic E-state index is 0.449. The van der Waals surface area contributed by atoms with E-state index in [0.29, 0.717) is 6.10 Å². The van der Waals surface area contributed by atoms with Crippen molar-refractivity contribution < 1.29 is 9.47 Å². The van der Waals surface area contributed by atoms with Crippen LogP contribution < -0.4 is 0 Å². The van der Waals surface area contributed by atoms with Crippen LogP contribution in [0.2, 0.25) is 0 Å². The van der Waals surface area contributed by atoms with Crippen molar-refractivity contribution in [2.75, 3.05) is 59.6 Å². The van der Waals surface area contributed by atoms with Crippen molar-refractivity contribution in [1.29, 1.82) is 0 Å². The predicted octanol–water partition coefficient (Wildman–Crippen LogP) is 2.24. The van der Waals surface area contributed by atoms with E-state index in [-0.39, 0.29) is 0 Å². The predicted molar refractivity (Wildman–Crippen MR) is 84.3 cm³/mol. The number of hydrogen-bond donors (Lipinski definition) is 0. The summed E-state index contributed by atoms with van der Waals surface area (Å²) in [7, 11) is 2.19. The molecule has 0 aliphatic carbocycles. The number of ether oxygens (including phenoxy) is 2. The van der Waals surface area contributed by atoms with E-state index in [1.54, 1.807) is 0 Å². The fourth-order valence-electron chi connectivity index (χ4n) is 2.51. The highest BCUT2D eigenvalue weighted by atomic mass is 16.5. The molecule has 1 atom stereocenters. The lowest BCUT2D eigenvalue weighted by Gasteiger charge is -2.32. The number of piperazine rings is 1. The minimum absolute atomic E-state index is 0.449. The van der Waals surface area contributed by atoms with Crippen LogP contribution in [-0.2, 0) is 9.47 Å². The summed E-state index contributed by atoms with van der Waals surface area (Å²) in [5, 5.41) is 0. The van der Waals surface area contributed by atoms with Crippen LogP contribution in [0, 0.1) is 0 Å². The Labute approximate surface area is 125 Å². The van der Waals surface area contributed by atoms with Crippen LogP contribution in [0.4, 0.5) is 0 Å². The van der Waals surface area contributed by atoms with E-state index >= 15 is 0 Å². The van der Waals surface area contributed by atoms with E-state index in [1.165, 1.54) is 39.0 Å². The topological polar surface area (TPSA) is 24.9 Å². The highest BCUT2D eigenvalue weighted by Gasteiger charge is 2.12. The first-order valence-electron chi connectivity index (χ1n) is 8.36. The van der Waals surface area contributed by atoms with Gasteiger partial charge in [-0.25, -0.2) is 0 Å². The van der Waals surface area contributed by atoms with Crippen molar-refractivity contribution >= 4 is 0 Å². The first-order valence-corrected chi connectivity index (χ1v) is 8.36. The number of rotatable bonds is 11. The second-order valence-corrected chi connectivity index (χ2v) is 5.80. The highest BCUT2D eigenvalue weighted by molar-refractivity contribution is 4.68. The van der Waals surface area contributed by atoms with E-state index in [2.05, 4.69) is 30.7 Å². The molecule has 120 valence electrons. The van der Waals surface area contributed by atoms with Gasteiger partial charge in [0, 0.05) is 45.9 Å². The van der Waals surface area contributed by atoms with Crippen molar-refractivity contribution in [2.24, 2.45) is 0 Å². The molecule has 4 nitrogen and oxygen atoms in total. The molecule has 1 unspecified atom stereocenters. The van der Waals surface area contributed by atoms with Gasteiger partial charge in [-0.3, -0.25) is 4.90 Å². The largest absolute Gasteiger partial charge is 0.380 e. The summed E-state index contributed by atoms with van der Waals surface area (Å²) in [4.78, 5) is 4.88. The highest BCUT2D eigenvalue weighted by Crippen LogP contribution is 2.06. The molecule has 1 aliphatic heterocycles. The molecule has 0 aromatic carbocycles. The molecule has 20 heavy (non-hydrogen) atoms. The van der Waals surface area contributed by atoms with Gasteiger partial charge in [0.05, 0.1) is 12.7 Å². The van der Waals surface area contributed by atoms with E-state index < -0.39 is 0 Å². The van der Waals surface area contributed by atoms with Crippen LogP contribution in [0.5, 0.6) is 0 Å². The Morgan fingerprint density at radius 2 is 1.75 bits per heavy atom. The van der Waals surface area contributed by atoms with Crippen LogP contribution in [-0.4, -0.2) is 75.5 Å². The number of nitrogens with zero attached hydrogens (tertiary/aromatic N) is 2. The van der Waals surface area contributed by atoms with Gasteiger partial charge in [-0.15, -0.1) is 0 Å². The normalized spacial score (nSPS) is 19.4. The monoisotopic (exact) mass is 286 g/mol. The Hall–Kier alpha value is -0.160. The molecule has 0 amide bonds. The summed E-state index contributed by atoms with van der Waals surface area (Å²) < 4.78 is 11.5. The lowest BCUT2D eigenvalue weighted by atomic mass is 10.2. The zero-order valence-electron chi connectivity index (χ0n) is 13.8. The van der Waals surface area contributed by atoms with Crippen LogP contribution in [0.3, 0.4) is 0 Å². The van der Waals surface area contributed by atoms with E-state index in [0.717, 1.165) is 39.2 Å². The molecule has 0 aromatic heterocycles. The third kappa shape index (κ3) is 8.20. The Bertz CT molecular complexity index is 219. The molecule has 1 aliphatic rings. The van der Waals surface area contributed by atoms with Gasteiger partial charge in [0.2, 0.25) is 0 Å². The van der Waals surface area contributed by atoms with Crippen molar-refractivity contribution in [3.8, 4) is 0 Å². The van der Waals surface area contributed by atoms with Gasteiger partial charge in [0.1, 0.15) is 0 Å². The van der Waals surface area contributed by atoms with Crippen LogP contribution in [0.1, 0.15) is 39.5 Å². The van der Waals surface area contributed by atoms with Gasteiger partial charge in [0.25, 0.3) is 0 Å². The molecule has 1 rings (SSSR count). The molecule has 4 heteroatoms.